The second-order valence-electron chi connectivity index (χ2n) is 7.74. The molecule has 1 aromatic carbocycles. The zero-order chi connectivity index (χ0) is 17.9. The van der Waals surface area contributed by atoms with Crippen molar-refractivity contribution in [1.82, 2.24) is 10.2 Å². The Hall–Kier alpha value is -1.43. The van der Waals surface area contributed by atoms with Gasteiger partial charge in [0.1, 0.15) is 5.60 Å². The predicted molar refractivity (Wildman–Crippen MR) is 97.3 cm³/mol. The molecule has 5 nitrogen and oxygen atoms in total. The number of hydrogen-bond acceptors (Lipinski definition) is 4. The second kappa shape index (κ2) is 7.44. The fourth-order valence-electron chi connectivity index (χ4n) is 4.03. The van der Waals surface area contributed by atoms with Gasteiger partial charge < -0.3 is 20.1 Å². The Balaban J connectivity index is 1.50. The standard InChI is InChI=1S/C20H30N2O3/c1-19(24)15-25-20(14-17(19)21-2)10-12-22(13-11-20)18(23)9-8-16-6-4-3-5-7-16/h3-7,17,21,24H,8-15H2,1-2H3/t17-,19-/m0/s1. The monoisotopic (exact) mass is 346 g/mol. The van der Waals surface area contributed by atoms with Gasteiger partial charge in [0, 0.05) is 25.6 Å². The SMILES string of the molecule is CN[C@H]1CC2(CCN(C(=O)CCc3ccccc3)CC2)OC[C@]1(C)O. The van der Waals surface area contributed by atoms with Crippen molar-refractivity contribution in [2.45, 2.75) is 56.3 Å². The highest BCUT2D eigenvalue weighted by Crippen LogP contribution is 2.38. The smallest absolute Gasteiger partial charge is 0.222 e. The molecule has 5 heteroatoms. The Bertz CT molecular complexity index is 580. The predicted octanol–water partition coefficient (Wildman–Crippen LogP) is 1.74. The van der Waals surface area contributed by atoms with Gasteiger partial charge in [-0.15, -0.1) is 0 Å². The Labute approximate surface area is 150 Å². The van der Waals surface area contributed by atoms with Gasteiger partial charge in [-0.05, 0) is 45.2 Å². The largest absolute Gasteiger partial charge is 0.386 e. The molecule has 0 aromatic heterocycles. The summed E-state index contributed by atoms with van der Waals surface area (Å²) in [5.74, 6) is 0.228. The molecule has 2 saturated heterocycles. The average molecular weight is 346 g/mol. The molecule has 2 atom stereocenters. The van der Waals surface area contributed by atoms with Gasteiger partial charge in [0.05, 0.1) is 12.2 Å². The molecule has 0 saturated carbocycles. The number of likely N-dealkylation sites (N-methyl/N-ethyl adjacent to an activating group) is 1. The van der Waals surface area contributed by atoms with E-state index in [0.717, 1.165) is 38.8 Å². The summed E-state index contributed by atoms with van der Waals surface area (Å²) in [6.45, 7) is 3.65. The van der Waals surface area contributed by atoms with Gasteiger partial charge in [0.25, 0.3) is 0 Å². The number of benzene rings is 1. The van der Waals surface area contributed by atoms with Crippen molar-refractivity contribution in [1.29, 1.82) is 0 Å². The molecular weight excluding hydrogens is 316 g/mol. The minimum atomic E-state index is -0.831. The Morgan fingerprint density at radius 1 is 1.32 bits per heavy atom. The van der Waals surface area contributed by atoms with E-state index in [4.69, 9.17) is 4.74 Å². The summed E-state index contributed by atoms with van der Waals surface area (Å²) >= 11 is 0. The zero-order valence-electron chi connectivity index (χ0n) is 15.3. The zero-order valence-corrected chi connectivity index (χ0v) is 15.3. The Morgan fingerprint density at radius 2 is 2.00 bits per heavy atom. The number of ether oxygens (including phenoxy) is 1. The van der Waals surface area contributed by atoms with Crippen LogP contribution >= 0.6 is 0 Å². The number of piperidine rings is 1. The first-order chi connectivity index (χ1) is 11.9. The summed E-state index contributed by atoms with van der Waals surface area (Å²) in [6.07, 6.45) is 3.84. The molecule has 0 aliphatic carbocycles. The number of aryl methyl sites for hydroxylation is 1. The summed E-state index contributed by atoms with van der Waals surface area (Å²) < 4.78 is 6.08. The molecule has 2 N–H and O–H groups in total. The van der Waals surface area contributed by atoms with Gasteiger partial charge >= 0.3 is 0 Å². The maximum Gasteiger partial charge on any atom is 0.222 e. The van der Waals surface area contributed by atoms with E-state index in [1.54, 1.807) is 0 Å². The first-order valence-electron chi connectivity index (χ1n) is 9.29. The summed E-state index contributed by atoms with van der Waals surface area (Å²) in [5.41, 5.74) is 0.174. The third-order valence-electron chi connectivity index (χ3n) is 5.84. The molecule has 0 bridgehead atoms. The van der Waals surface area contributed by atoms with Crippen LogP contribution in [0.25, 0.3) is 0 Å². The van der Waals surface area contributed by atoms with Crippen LogP contribution < -0.4 is 5.32 Å². The number of amides is 1. The first kappa shape index (κ1) is 18.4. The Kier molecular flexibility index (Phi) is 5.46. The summed E-state index contributed by atoms with van der Waals surface area (Å²) in [6, 6.07) is 10.2. The number of carbonyl (C=O) groups is 1. The van der Waals surface area contributed by atoms with E-state index >= 15 is 0 Å². The van der Waals surface area contributed by atoms with Crippen molar-refractivity contribution < 1.29 is 14.6 Å². The molecular formula is C20H30N2O3. The second-order valence-corrected chi connectivity index (χ2v) is 7.74. The van der Waals surface area contributed by atoms with E-state index in [2.05, 4.69) is 17.4 Å². The topological polar surface area (TPSA) is 61.8 Å². The van der Waals surface area contributed by atoms with Crippen molar-refractivity contribution in [3.05, 3.63) is 35.9 Å². The van der Waals surface area contributed by atoms with Crippen molar-refractivity contribution in [3.8, 4) is 0 Å². The molecule has 3 rings (SSSR count). The average Bonchev–Trinajstić information content (AvgIpc) is 2.63. The van der Waals surface area contributed by atoms with Gasteiger partial charge in [-0.25, -0.2) is 0 Å². The van der Waals surface area contributed by atoms with Gasteiger partial charge in [0.2, 0.25) is 5.91 Å². The summed E-state index contributed by atoms with van der Waals surface area (Å²) in [4.78, 5) is 14.5. The number of hydrogen-bond donors (Lipinski definition) is 2. The van der Waals surface area contributed by atoms with Gasteiger partial charge in [-0.2, -0.15) is 0 Å². The minimum absolute atomic E-state index is 0.0292. The lowest BCUT2D eigenvalue weighted by atomic mass is 9.77. The van der Waals surface area contributed by atoms with Crippen LogP contribution in [-0.4, -0.2) is 59.9 Å². The number of aliphatic hydroxyl groups is 1. The van der Waals surface area contributed by atoms with Crippen LogP contribution in [0.15, 0.2) is 30.3 Å². The van der Waals surface area contributed by atoms with Gasteiger partial charge in [-0.1, -0.05) is 30.3 Å². The van der Waals surface area contributed by atoms with E-state index in [0.29, 0.717) is 13.0 Å². The Morgan fingerprint density at radius 3 is 2.64 bits per heavy atom. The molecule has 0 unspecified atom stereocenters. The molecule has 1 spiro atoms. The lowest BCUT2D eigenvalue weighted by molar-refractivity contribution is -0.192. The first-order valence-corrected chi connectivity index (χ1v) is 9.29. The number of nitrogens with one attached hydrogen (secondary N) is 1. The van der Waals surface area contributed by atoms with Gasteiger partial charge in [0.15, 0.2) is 0 Å². The van der Waals surface area contributed by atoms with Crippen molar-refractivity contribution in [3.63, 3.8) is 0 Å². The van der Waals surface area contributed by atoms with E-state index < -0.39 is 5.60 Å². The molecule has 2 aliphatic rings. The fourth-order valence-corrected chi connectivity index (χ4v) is 4.03. The van der Waals surface area contributed by atoms with Crippen LogP contribution in [0.2, 0.25) is 0 Å². The fraction of sp³-hybridized carbons (Fsp3) is 0.650. The highest BCUT2D eigenvalue weighted by atomic mass is 16.5. The number of nitrogens with zero attached hydrogens (tertiary/aromatic N) is 1. The van der Waals surface area contributed by atoms with Gasteiger partial charge in [-0.3, -0.25) is 4.79 Å². The highest BCUT2D eigenvalue weighted by Gasteiger charge is 2.48. The van der Waals surface area contributed by atoms with Crippen molar-refractivity contribution in [2.75, 3.05) is 26.7 Å². The highest BCUT2D eigenvalue weighted by molar-refractivity contribution is 5.76. The van der Waals surface area contributed by atoms with Crippen LogP contribution in [0.1, 0.15) is 38.2 Å². The van der Waals surface area contributed by atoms with E-state index in [9.17, 15) is 9.90 Å². The lowest BCUT2D eigenvalue weighted by Gasteiger charge is -2.50. The molecule has 138 valence electrons. The van der Waals surface area contributed by atoms with E-state index in [-0.39, 0.29) is 17.6 Å². The van der Waals surface area contributed by atoms with Crippen molar-refractivity contribution in [2.24, 2.45) is 0 Å². The van der Waals surface area contributed by atoms with Crippen LogP contribution in [-0.2, 0) is 16.0 Å². The summed E-state index contributed by atoms with van der Waals surface area (Å²) in [7, 11) is 1.89. The molecule has 1 aromatic rings. The number of rotatable bonds is 4. The third-order valence-corrected chi connectivity index (χ3v) is 5.84. The molecule has 25 heavy (non-hydrogen) atoms. The number of carbonyl (C=O) groups excluding carboxylic acids is 1. The maximum atomic E-state index is 12.5. The molecule has 2 fully saturated rings. The minimum Gasteiger partial charge on any atom is -0.386 e. The normalized spacial score (nSPS) is 28.9. The van der Waals surface area contributed by atoms with E-state index in [1.165, 1.54) is 5.56 Å². The number of likely N-dealkylation sites (tertiary alicyclic amines) is 1. The summed E-state index contributed by atoms with van der Waals surface area (Å²) in [5, 5.41) is 13.6. The lowest BCUT2D eigenvalue weighted by Crippen LogP contribution is -2.62. The quantitative estimate of drug-likeness (QED) is 0.872. The van der Waals surface area contributed by atoms with Crippen LogP contribution in [0.4, 0.5) is 0 Å². The van der Waals surface area contributed by atoms with Crippen molar-refractivity contribution >= 4 is 5.91 Å². The van der Waals surface area contributed by atoms with Crippen LogP contribution in [0.5, 0.6) is 0 Å². The third kappa shape index (κ3) is 4.22. The molecule has 1 amide bonds. The van der Waals surface area contributed by atoms with Crippen LogP contribution in [0.3, 0.4) is 0 Å². The van der Waals surface area contributed by atoms with Crippen LogP contribution in [0, 0.1) is 0 Å². The molecule has 2 aliphatic heterocycles. The maximum absolute atomic E-state index is 12.5. The van der Waals surface area contributed by atoms with E-state index in [1.807, 2.05) is 37.1 Å². The molecule has 2 heterocycles. The molecule has 0 radical (unpaired) electrons.